The minimum atomic E-state index is -1.04. The second kappa shape index (κ2) is 5.59. The van der Waals surface area contributed by atoms with Gasteiger partial charge in [0.1, 0.15) is 4.88 Å². The Hall–Kier alpha value is -1.93. The number of rotatable bonds is 4. The van der Waals surface area contributed by atoms with Crippen LogP contribution in [0.25, 0.3) is 0 Å². The first kappa shape index (κ1) is 14.5. The minimum absolute atomic E-state index is 0.0298. The van der Waals surface area contributed by atoms with Gasteiger partial charge >= 0.3 is 5.97 Å². The SMILES string of the molecule is Cc1cccc(Sc2nc(C)c(C(=O)O)s2)c1[N+](=O)[O-]. The van der Waals surface area contributed by atoms with Gasteiger partial charge in [0, 0.05) is 5.56 Å². The predicted molar refractivity (Wildman–Crippen MR) is 75.8 cm³/mol. The number of aromatic carboxylic acids is 1. The molecular weight excluding hydrogens is 300 g/mol. The van der Waals surface area contributed by atoms with Crippen molar-refractivity contribution in [3.63, 3.8) is 0 Å². The molecule has 104 valence electrons. The molecule has 0 amide bonds. The van der Waals surface area contributed by atoms with Crippen LogP contribution in [0.15, 0.2) is 27.4 Å². The molecule has 1 heterocycles. The third kappa shape index (κ3) is 2.81. The van der Waals surface area contributed by atoms with Gasteiger partial charge in [0.05, 0.1) is 15.5 Å². The fraction of sp³-hybridized carbons (Fsp3) is 0.167. The third-order valence-corrected chi connectivity index (χ3v) is 4.81. The smallest absolute Gasteiger partial charge is 0.347 e. The lowest BCUT2D eigenvalue weighted by atomic mass is 10.2. The first-order chi connectivity index (χ1) is 9.40. The molecule has 20 heavy (non-hydrogen) atoms. The van der Waals surface area contributed by atoms with Crippen LogP contribution in [0.2, 0.25) is 0 Å². The lowest BCUT2D eigenvalue weighted by Gasteiger charge is -2.02. The summed E-state index contributed by atoms with van der Waals surface area (Å²) in [5.41, 5.74) is 1.01. The normalized spacial score (nSPS) is 10.5. The molecule has 0 aliphatic heterocycles. The lowest BCUT2D eigenvalue weighted by Crippen LogP contribution is -1.94. The minimum Gasteiger partial charge on any atom is -0.477 e. The molecular formula is C12H10N2O4S2. The maximum absolute atomic E-state index is 11.1. The first-order valence-electron chi connectivity index (χ1n) is 5.52. The van der Waals surface area contributed by atoms with Crippen LogP contribution in [0.3, 0.4) is 0 Å². The number of nitro groups is 1. The highest BCUT2D eigenvalue weighted by atomic mass is 32.2. The van der Waals surface area contributed by atoms with Crippen molar-refractivity contribution in [3.05, 3.63) is 44.4 Å². The first-order valence-corrected chi connectivity index (χ1v) is 7.16. The fourth-order valence-electron chi connectivity index (χ4n) is 1.66. The number of carbonyl (C=O) groups is 1. The number of nitro benzene ring substituents is 1. The molecule has 6 nitrogen and oxygen atoms in total. The molecule has 0 spiro atoms. The summed E-state index contributed by atoms with van der Waals surface area (Å²) in [5.74, 6) is -1.04. The Morgan fingerprint density at radius 3 is 2.70 bits per heavy atom. The molecule has 0 aliphatic carbocycles. The zero-order valence-corrected chi connectivity index (χ0v) is 12.2. The molecule has 0 fully saturated rings. The van der Waals surface area contributed by atoms with Gasteiger partial charge in [0.2, 0.25) is 0 Å². The number of para-hydroxylation sites is 1. The van der Waals surface area contributed by atoms with Crippen molar-refractivity contribution in [2.75, 3.05) is 0 Å². The van der Waals surface area contributed by atoms with E-state index in [2.05, 4.69) is 4.98 Å². The maximum Gasteiger partial charge on any atom is 0.347 e. The van der Waals surface area contributed by atoms with Crippen molar-refractivity contribution in [2.45, 2.75) is 23.1 Å². The van der Waals surface area contributed by atoms with Crippen molar-refractivity contribution < 1.29 is 14.8 Å². The summed E-state index contributed by atoms with van der Waals surface area (Å²) >= 11 is 2.13. The standard InChI is InChI=1S/C12H10N2O4S2/c1-6-4-3-5-8(9(6)14(17)18)19-12-13-7(2)10(20-12)11(15)16/h3-5H,1-2H3,(H,15,16). The van der Waals surface area contributed by atoms with Gasteiger partial charge in [-0.25, -0.2) is 9.78 Å². The van der Waals surface area contributed by atoms with Crippen LogP contribution in [0.5, 0.6) is 0 Å². The second-order valence-electron chi connectivity index (χ2n) is 3.98. The number of aromatic nitrogens is 1. The van der Waals surface area contributed by atoms with Crippen LogP contribution >= 0.6 is 23.1 Å². The Morgan fingerprint density at radius 1 is 1.45 bits per heavy atom. The van der Waals surface area contributed by atoms with E-state index in [4.69, 9.17) is 5.11 Å². The van der Waals surface area contributed by atoms with E-state index in [1.165, 1.54) is 0 Å². The van der Waals surface area contributed by atoms with E-state index < -0.39 is 10.9 Å². The molecule has 2 rings (SSSR count). The zero-order valence-electron chi connectivity index (χ0n) is 10.6. The summed E-state index contributed by atoms with van der Waals surface area (Å²) in [4.78, 5) is 26.4. The molecule has 0 aliphatic rings. The molecule has 0 atom stereocenters. The molecule has 0 radical (unpaired) electrons. The van der Waals surface area contributed by atoms with E-state index in [1.54, 1.807) is 32.0 Å². The average Bonchev–Trinajstić information content (AvgIpc) is 2.70. The van der Waals surface area contributed by atoms with E-state index in [1.807, 2.05) is 0 Å². The number of hydrogen-bond acceptors (Lipinski definition) is 6. The summed E-state index contributed by atoms with van der Waals surface area (Å²) in [5, 5.41) is 20.1. The van der Waals surface area contributed by atoms with Gasteiger partial charge in [0.15, 0.2) is 4.34 Å². The van der Waals surface area contributed by atoms with Gasteiger partial charge in [-0.3, -0.25) is 10.1 Å². The molecule has 0 saturated heterocycles. The van der Waals surface area contributed by atoms with Crippen LogP contribution in [-0.2, 0) is 0 Å². The monoisotopic (exact) mass is 310 g/mol. The lowest BCUT2D eigenvalue weighted by molar-refractivity contribution is -0.388. The number of benzene rings is 1. The fourth-order valence-corrected chi connectivity index (χ4v) is 3.83. The highest BCUT2D eigenvalue weighted by Gasteiger charge is 2.21. The highest BCUT2D eigenvalue weighted by molar-refractivity contribution is 8.01. The number of thiazole rings is 1. The van der Waals surface area contributed by atoms with E-state index in [-0.39, 0.29) is 10.6 Å². The summed E-state index contributed by atoms with van der Waals surface area (Å²) in [6.45, 7) is 3.27. The van der Waals surface area contributed by atoms with Gasteiger partial charge in [0.25, 0.3) is 5.69 Å². The van der Waals surface area contributed by atoms with Gasteiger partial charge in [-0.05, 0) is 19.9 Å². The van der Waals surface area contributed by atoms with E-state index in [0.717, 1.165) is 23.1 Å². The maximum atomic E-state index is 11.1. The van der Waals surface area contributed by atoms with E-state index in [0.29, 0.717) is 20.5 Å². The molecule has 8 heteroatoms. The third-order valence-electron chi connectivity index (χ3n) is 2.55. The van der Waals surface area contributed by atoms with Crippen molar-refractivity contribution in [1.29, 1.82) is 0 Å². The van der Waals surface area contributed by atoms with Gasteiger partial charge < -0.3 is 5.11 Å². The highest BCUT2D eigenvalue weighted by Crippen LogP contribution is 2.39. The van der Waals surface area contributed by atoms with E-state index >= 15 is 0 Å². The number of carboxylic acids is 1. The van der Waals surface area contributed by atoms with Crippen LogP contribution in [0, 0.1) is 24.0 Å². The topological polar surface area (TPSA) is 93.3 Å². The molecule has 1 aromatic heterocycles. The molecule has 1 N–H and O–H groups in total. The summed E-state index contributed by atoms with van der Waals surface area (Å²) < 4.78 is 0.480. The van der Waals surface area contributed by atoms with Crippen LogP contribution in [0.1, 0.15) is 20.9 Å². The summed E-state index contributed by atoms with van der Waals surface area (Å²) in [6, 6.07) is 5.02. The number of aryl methyl sites for hydroxylation is 2. The van der Waals surface area contributed by atoms with Gasteiger partial charge in [-0.1, -0.05) is 23.9 Å². The quantitative estimate of drug-likeness (QED) is 0.686. The number of hydrogen-bond donors (Lipinski definition) is 1. The van der Waals surface area contributed by atoms with Crippen LogP contribution < -0.4 is 0 Å². The van der Waals surface area contributed by atoms with Gasteiger partial charge in [-0.15, -0.1) is 11.3 Å². The van der Waals surface area contributed by atoms with Crippen molar-refractivity contribution in [2.24, 2.45) is 0 Å². The summed E-state index contributed by atoms with van der Waals surface area (Å²) in [7, 11) is 0. The Bertz CT molecular complexity index is 697. The molecule has 0 unspecified atom stereocenters. The second-order valence-corrected chi connectivity index (χ2v) is 6.27. The molecule has 0 bridgehead atoms. The predicted octanol–water partition coefficient (Wildman–Crippen LogP) is 3.52. The van der Waals surface area contributed by atoms with Crippen LogP contribution in [-0.4, -0.2) is 21.0 Å². The molecule has 0 saturated carbocycles. The van der Waals surface area contributed by atoms with Crippen molar-refractivity contribution in [1.82, 2.24) is 4.98 Å². The average molecular weight is 310 g/mol. The Labute approximate surface area is 122 Å². The van der Waals surface area contributed by atoms with Gasteiger partial charge in [-0.2, -0.15) is 0 Å². The Balaban J connectivity index is 2.40. The molecule has 1 aromatic carbocycles. The van der Waals surface area contributed by atoms with Crippen molar-refractivity contribution >= 4 is 34.8 Å². The van der Waals surface area contributed by atoms with Crippen molar-refractivity contribution in [3.8, 4) is 0 Å². The molecule has 2 aromatic rings. The van der Waals surface area contributed by atoms with E-state index in [9.17, 15) is 14.9 Å². The largest absolute Gasteiger partial charge is 0.477 e. The van der Waals surface area contributed by atoms with Crippen LogP contribution in [0.4, 0.5) is 5.69 Å². The Kier molecular flexibility index (Phi) is 4.05. The number of carboxylic acid groups (broad SMARTS) is 1. The Morgan fingerprint density at radius 2 is 2.15 bits per heavy atom. The number of nitrogens with zero attached hydrogens (tertiary/aromatic N) is 2. The zero-order chi connectivity index (χ0) is 14.9. The summed E-state index contributed by atoms with van der Waals surface area (Å²) in [6.07, 6.45) is 0.